The van der Waals surface area contributed by atoms with Gasteiger partial charge in [-0.25, -0.2) is 13.2 Å². The summed E-state index contributed by atoms with van der Waals surface area (Å²) in [5.41, 5.74) is 0.697. The number of hydrogen-bond acceptors (Lipinski definition) is 6. The summed E-state index contributed by atoms with van der Waals surface area (Å²) in [5.74, 6) is -1.03. The molecule has 2 aromatic rings. The Hall–Kier alpha value is -2.98. The maximum atomic E-state index is 12.8. The highest BCUT2D eigenvalue weighted by molar-refractivity contribution is 8.13. The van der Waals surface area contributed by atoms with E-state index in [4.69, 9.17) is 9.84 Å². The van der Waals surface area contributed by atoms with Crippen LogP contribution in [-0.4, -0.2) is 50.8 Å². The second-order valence-corrected chi connectivity index (χ2v) is 8.65. The average molecular weight is 437 g/mol. The topological polar surface area (TPSA) is 113 Å². The minimum Gasteiger partial charge on any atom is -0.495 e. The van der Waals surface area contributed by atoms with Gasteiger partial charge in [-0.3, -0.25) is 9.52 Å². The van der Waals surface area contributed by atoms with E-state index >= 15 is 0 Å². The Labute approximate surface area is 173 Å². The van der Waals surface area contributed by atoms with Crippen molar-refractivity contribution in [3.05, 3.63) is 54.1 Å². The molecule has 10 heteroatoms. The van der Waals surface area contributed by atoms with E-state index in [1.54, 1.807) is 44.4 Å². The summed E-state index contributed by atoms with van der Waals surface area (Å²) in [5, 5.41) is 8.60. The third kappa shape index (κ3) is 6.26. The van der Waals surface area contributed by atoms with Crippen LogP contribution in [0, 0.1) is 0 Å². The van der Waals surface area contributed by atoms with Crippen LogP contribution in [0.15, 0.2) is 58.3 Å². The molecule has 0 aliphatic carbocycles. The zero-order chi connectivity index (χ0) is 21.6. The van der Waals surface area contributed by atoms with E-state index in [0.717, 1.165) is 17.8 Å². The molecule has 8 nitrogen and oxygen atoms in total. The number of carboxylic acid groups (broad SMARTS) is 1. The summed E-state index contributed by atoms with van der Waals surface area (Å²) < 4.78 is 33.2. The third-order valence-electron chi connectivity index (χ3n) is 3.57. The Morgan fingerprint density at radius 2 is 1.79 bits per heavy atom. The Bertz CT molecular complexity index is 1030. The van der Waals surface area contributed by atoms with Gasteiger partial charge in [0.15, 0.2) is 0 Å². The van der Waals surface area contributed by atoms with Crippen LogP contribution in [0.2, 0.25) is 0 Å². The van der Waals surface area contributed by atoms with E-state index in [-0.39, 0.29) is 15.9 Å². The lowest BCUT2D eigenvalue weighted by molar-refractivity contribution is -0.131. The molecule has 0 aliphatic rings. The Morgan fingerprint density at radius 3 is 2.34 bits per heavy atom. The number of amides is 1. The molecule has 0 fully saturated rings. The highest BCUT2D eigenvalue weighted by atomic mass is 32.2. The molecule has 0 bridgehead atoms. The van der Waals surface area contributed by atoms with Gasteiger partial charge in [0.05, 0.1) is 7.11 Å². The van der Waals surface area contributed by atoms with Crippen molar-refractivity contribution in [2.75, 3.05) is 25.9 Å². The van der Waals surface area contributed by atoms with Crippen LogP contribution in [0.4, 0.5) is 10.5 Å². The molecule has 0 spiro atoms. The number of benzene rings is 2. The standard InChI is InChI=1S/C19H20N2O6S2/c1-21(2)19(24)28-15-8-6-14(7-9-15)20-29(25,26)17-12-13(5-11-18(22)23)4-10-16(17)27-3/h4-12,20H,1-3H3,(H,22,23)/b11-5+. The lowest BCUT2D eigenvalue weighted by Gasteiger charge is -2.13. The molecule has 0 heterocycles. The molecule has 154 valence electrons. The zero-order valence-electron chi connectivity index (χ0n) is 15.9. The predicted octanol–water partition coefficient (Wildman–Crippen LogP) is 3.37. The number of methoxy groups -OCH3 is 1. The molecular weight excluding hydrogens is 416 g/mol. The van der Waals surface area contributed by atoms with Crippen molar-refractivity contribution in [3.63, 3.8) is 0 Å². The fourth-order valence-electron chi connectivity index (χ4n) is 2.17. The first-order valence-corrected chi connectivity index (χ1v) is 10.5. The summed E-state index contributed by atoms with van der Waals surface area (Å²) in [6.07, 6.45) is 2.20. The maximum Gasteiger partial charge on any atom is 0.328 e. The summed E-state index contributed by atoms with van der Waals surface area (Å²) >= 11 is 1.02. The fraction of sp³-hybridized carbons (Fsp3) is 0.158. The first kappa shape index (κ1) is 22.3. The van der Waals surface area contributed by atoms with E-state index < -0.39 is 16.0 Å². The van der Waals surface area contributed by atoms with Gasteiger partial charge >= 0.3 is 5.97 Å². The van der Waals surface area contributed by atoms with Gasteiger partial charge in [0.1, 0.15) is 10.6 Å². The van der Waals surface area contributed by atoms with Gasteiger partial charge in [-0.15, -0.1) is 0 Å². The number of aliphatic carboxylic acids is 1. The number of anilines is 1. The van der Waals surface area contributed by atoms with Gasteiger partial charge < -0.3 is 14.7 Å². The molecule has 2 N–H and O–H groups in total. The number of carbonyl (C=O) groups is 2. The first-order chi connectivity index (χ1) is 13.6. The quantitative estimate of drug-likeness (QED) is 0.505. The van der Waals surface area contributed by atoms with E-state index in [1.807, 2.05) is 0 Å². The maximum absolute atomic E-state index is 12.8. The lowest BCUT2D eigenvalue weighted by atomic mass is 10.2. The lowest BCUT2D eigenvalue weighted by Crippen LogP contribution is -2.16. The Kier molecular flexibility index (Phi) is 7.29. The van der Waals surface area contributed by atoms with E-state index in [0.29, 0.717) is 16.1 Å². The molecule has 0 aliphatic heterocycles. The molecule has 29 heavy (non-hydrogen) atoms. The molecular formula is C19H20N2O6S2. The summed E-state index contributed by atoms with van der Waals surface area (Å²) in [6, 6.07) is 10.7. The molecule has 0 aromatic heterocycles. The second-order valence-electron chi connectivity index (χ2n) is 5.97. The van der Waals surface area contributed by atoms with Crippen molar-refractivity contribution in [1.29, 1.82) is 0 Å². The zero-order valence-corrected chi connectivity index (χ0v) is 17.6. The number of hydrogen-bond donors (Lipinski definition) is 2. The largest absolute Gasteiger partial charge is 0.495 e. The molecule has 2 aromatic carbocycles. The monoisotopic (exact) mass is 436 g/mol. The molecule has 1 amide bonds. The van der Waals surface area contributed by atoms with Crippen molar-refractivity contribution in [2.45, 2.75) is 9.79 Å². The predicted molar refractivity (Wildman–Crippen MR) is 112 cm³/mol. The Morgan fingerprint density at radius 1 is 1.14 bits per heavy atom. The Balaban J connectivity index is 2.27. The van der Waals surface area contributed by atoms with Crippen molar-refractivity contribution >= 4 is 44.8 Å². The first-order valence-electron chi connectivity index (χ1n) is 8.23. The van der Waals surface area contributed by atoms with Crippen molar-refractivity contribution in [2.24, 2.45) is 0 Å². The molecule has 0 atom stereocenters. The fourth-order valence-corrected chi connectivity index (χ4v) is 4.09. The number of sulfonamides is 1. The van der Waals surface area contributed by atoms with Gasteiger partial charge in [0, 0.05) is 30.8 Å². The van der Waals surface area contributed by atoms with Crippen molar-refractivity contribution < 1.29 is 27.9 Å². The SMILES string of the molecule is COc1ccc(/C=C/C(=O)O)cc1S(=O)(=O)Nc1ccc(SC(=O)N(C)C)cc1. The van der Waals surface area contributed by atoms with Crippen LogP contribution in [0.25, 0.3) is 6.08 Å². The molecule has 0 saturated heterocycles. The molecule has 2 rings (SSSR count). The number of rotatable bonds is 7. The number of ether oxygens (including phenoxy) is 1. The van der Waals surface area contributed by atoms with Gasteiger partial charge in [0.25, 0.3) is 15.3 Å². The smallest absolute Gasteiger partial charge is 0.328 e. The van der Waals surface area contributed by atoms with E-state index in [2.05, 4.69) is 4.72 Å². The third-order valence-corrected chi connectivity index (χ3v) is 6.02. The van der Waals surface area contributed by atoms with E-state index in [9.17, 15) is 18.0 Å². The highest BCUT2D eigenvalue weighted by Gasteiger charge is 2.20. The highest BCUT2D eigenvalue weighted by Crippen LogP contribution is 2.28. The van der Waals surface area contributed by atoms with Crippen LogP contribution in [-0.2, 0) is 14.8 Å². The summed E-state index contributed by atoms with van der Waals surface area (Å²) in [4.78, 5) is 24.4. The van der Waals surface area contributed by atoms with Crippen LogP contribution in [0.5, 0.6) is 5.75 Å². The number of carboxylic acids is 1. The second kappa shape index (κ2) is 9.48. The number of carbonyl (C=O) groups excluding carboxylic acids is 1. The van der Waals surface area contributed by atoms with Crippen LogP contribution in [0.3, 0.4) is 0 Å². The van der Waals surface area contributed by atoms with Gasteiger partial charge in [0.2, 0.25) is 0 Å². The number of nitrogens with zero attached hydrogens (tertiary/aromatic N) is 1. The summed E-state index contributed by atoms with van der Waals surface area (Å²) in [6.45, 7) is 0. The van der Waals surface area contributed by atoms with E-state index in [1.165, 1.54) is 30.2 Å². The number of thioether (sulfide) groups is 1. The minimum absolute atomic E-state index is 0.119. The average Bonchev–Trinajstić information content (AvgIpc) is 2.67. The van der Waals surface area contributed by atoms with Crippen molar-refractivity contribution in [1.82, 2.24) is 4.90 Å². The number of nitrogens with one attached hydrogen (secondary N) is 1. The minimum atomic E-state index is -4.00. The van der Waals surface area contributed by atoms with Crippen LogP contribution in [0.1, 0.15) is 5.56 Å². The van der Waals surface area contributed by atoms with Gasteiger partial charge in [-0.1, -0.05) is 6.07 Å². The normalized spacial score (nSPS) is 11.3. The van der Waals surface area contributed by atoms with Crippen molar-refractivity contribution in [3.8, 4) is 5.75 Å². The van der Waals surface area contributed by atoms with Gasteiger partial charge in [-0.2, -0.15) is 0 Å². The van der Waals surface area contributed by atoms with Gasteiger partial charge in [-0.05, 0) is 59.8 Å². The van der Waals surface area contributed by atoms with Crippen LogP contribution >= 0.6 is 11.8 Å². The molecule has 0 radical (unpaired) electrons. The molecule has 0 saturated carbocycles. The van der Waals surface area contributed by atoms with Crippen LogP contribution < -0.4 is 9.46 Å². The molecule has 0 unspecified atom stereocenters. The summed E-state index contributed by atoms with van der Waals surface area (Å²) in [7, 11) is 0.625.